The van der Waals surface area contributed by atoms with Gasteiger partial charge in [-0.1, -0.05) is 6.07 Å². The van der Waals surface area contributed by atoms with Crippen LogP contribution in [0.3, 0.4) is 0 Å². The molecule has 3 heterocycles. The zero-order valence-corrected chi connectivity index (χ0v) is 14.8. The van der Waals surface area contributed by atoms with Crippen LogP contribution in [0.25, 0.3) is 11.4 Å². The van der Waals surface area contributed by atoms with E-state index in [9.17, 15) is 9.59 Å². The van der Waals surface area contributed by atoms with Crippen LogP contribution >= 0.6 is 11.3 Å². The Hall–Kier alpha value is -3.46. The standard InChI is InChI=1S/C18H14N4O4S/c23-16(22-18-21-13(9-27-18)12-3-1-2-6-19-12)8-20-17(24)11-4-5-14-15(7-11)26-10-25-14/h1-7,9H,8,10H2,(H,20,24)(H,21,22,23). The lowest BCUT2D eigenvalue weighted by atomic mass is 10.2. The van der Waals surface area contributed by atoms with Gasteiger partial charge in [0.05, 0.1) is 12.2 Å². The molecule has 9 heteroatoms. The topological polar surface area (TPSA) is 102 Å². The average molecular weight is 382 g/mol. The lowest BCUT2D eigenvalue weighted by molar-refractivity contribution is -0.115. The Morgan fingerprint density at radius 3 is 2.85 bits per heavy atom. The minimum absolute atomic E-state index is 0.136. The van der Waals surface area contributed by atoms with Gasteiger partial charge in [-0.2, -0.15) is 0 Å². The van der Waals surface area contributed by atoms with Gasteiger partial charge in [0.15, 0.2) is 16.6 Å². The van der Waals surface area contributed by atoms with Gasteiger partial charge in [-0.3, -0.25) is 14.6 Å². The molecule has 1 aromatic carbocycles. The summed E-state index contributed by atoms with van der Waals surface area (Å²) in [5, 5.41) is 7.48. The van der Waals surface area contributed by atoms with E-state index in [0.29, 0.717) is 27.9 Å². The Morgan fingerprint density at radius 1 is 1.11 bits per heavy atom. The molecular weight excluding hydrogens is 368 g/mol. The third-order valence-electron chi connectivity index (χ3n) is 3.72. The number of pyridine rings is 1. The van der Waals surface area contributed by atoms with Crippen molar-refractivity contribution in [1.29, 1.82) is 0 Å². The lowest BCUT2D eigenvalue weighted by Gasteiger charge is -2.06. The molecule has 1 aliphatic rings. The van der Waals surface area contributed by atoms with Crippen LogP contribution in [-0.2, 0) is 4.79 Å². The Labute approximate surface area is 158 Å². The summed E-state index contributed by atoms with van der Waals surface area (Å²) in [5.74, 6) is 0.358. The van der Waals surface area contributed by atoms with Crippen molar-refractivity contribution < 1.29 is 19.1 Å². The van der Waals surface area contributed by atoms with Crippen LogP contribution in [0.15, 0.2) is 48.0 Å². The van der Waals surface area contributed by atoms with Crippen LogP contribution in [0.5, 0.6) is 11.5 Å². The molecule has 2 aromatic heterocycles. The molecule has 0 fully saturated rings. The van der Waals surface area contributed by atoms with Crippen molar-refractivity contribution in [2.24, 2.45) is 0 Å². The summed E-state index contributed by atoms with van der Waals surface area (Å²) < 4.78 is 10.4. The van der Waals surface area contributed by atoms with Gasteiger partial charge in [-0.15, -0.1) is 11.3 Å². The van der Waals surface area contributed by atoms with Gasteiger partial charge >= 0.3 is 0 Å². The number of anilines is 1. The van der Waals surface area contributed by atoms with Crippen LogP contribution in [0.2, 0.25) is 0 Å². The highest BCUT2D eigenvalue weighted by Crippen LogP contribution is 2.32. The summed E-state index contributed by atoms with van der Waals surface area (Å²) in [5.41, 5.74) is 1.80. The van der Waals surface area contributed by atoms with E-state index in [0.717, 1.165) is 5.69 Å². The Bertz CT molecular complexity index is 990. The monoisotopic (exact) mass is 382 g/mol. The molecule has 3 aromatic rings. The summed E-state index contributed by atoms with van der Waals surface area (Å²) in [6.07, 6.45) is 1.68. The van der Waals surface area contributed by atoms with E-state index in [-0.39, 0.29) is 25.2 Å². The second-order valence-corrected chi connectivity index (χ2v) is 6.41. The van der Waals surface area contributed by atoms with E-state index >= 15 is 0 Å². The molecule has 0 saturated carbocycles. The number of hydrogen-bond acceptors (Lipinski definition) is 7. The molecule has 0 spiro atoms. The quantitative estimate of drug-likeness (QED) is 0.702. The highest BCUT2D eigenvalue weighted by atomic mass is 32.1. The van der Waals surface area contributed by atoms with E-state index in [4.69, 9.17) is 9.47 Å². The highest BCUT2D eigenvalue weighted by Gasteiger charge is 2.17. The number of hydrogen-bond donors (Lipinski definition) is 2. The molecular formula is C18H14N4O4S. The normalized spacial score (nSPS) is 11.9. The minimum Gasteiger partial charge on any atom is -0.454 e. The molecule has 4 rings (SSSR count). The maximum Gasteiger partial charge on any atom is 0.251 e. The van der Waals surface area contributed by atoms with E-state index in [1.165, 1.54) is 11.3 Å². The van der Waals surface area contributed by atoms with Crippen LogP contribution < -0.4 is 20.1 Å². The molecule has 0 saturated heterocycles. The summed E-state index contributed by atoms with van der Waals surface area (Å²) >= 11 is 1.29. The second-order valence-electron chi connectivity index (χ2n) is 5.55. The first-order valence-corrected chi connectivity index (χ1v) is 8.91. The number of benzene rings is 1. The first-order valence-electron chi connectivity index (χ1n) is 8.04. The molecule has 2 N–H and O–H groups in total. The van der Waals surface area contributed by atoms with Gasteiger partial charge in [0.25, 0.3) is 5.91 Å². The number of thiazole rings is 1. The van der Waals surface area contributed by atoms with Crippen molar-refractivity contribution in [1.82, 2.24) is 15.3 Å². The number of rotatable bonds is 5. The number of carbonyl (C=O) groups excluding carboxylic acids is 2. The van der Waals surface area contributed by atoms with Gasteiger partial charge < -0.3 is 20.1 Å². The maximum atomic E-state index is 12.2. The Morgan fingerprint density at radius 2 is 2.00 bits per heavy atom. The molecule has 0 atom stereocenters. The Kier molecular flexibility index (Phi) is 4.67. The number of nitrogens with zero attached hydrogens (tertiary/aromatic N) is 2. The lowest BCUT2D eigenvalue weighted by Crippen LogP contribution is -2.32. The first kappa shape index (κ1) is 17.0. The van der Waals surface area contributed by atoms with Gasteiger partial charge in [-0.05, 0) is 30.3 Å². The number of amides is 2. The van der Waals surface area contributed by atoms with Crippen molar-refractivity contribution >= 4 is 28.3 Å². The van der Waals surface area contributed by atoms with Crippen molar-refractivity contribution in [2.45, 2.75) is 0 Å². The first-order chi connectivity index (χ1) is 13.2. The van der Waals surface area contributed by atoms with Crippen molar-refractivity contribution in [2.75, 3.05) is 18.7 Å². The van der Waals surface area contributed by atoms with Gasteiger partial charge in [0, 0.05) is 17.1 Å². The van der Waals surface area contributed by atoms with E-state index in [1.807, 2.05) is 23.6 Å². The predicted molar refractivity (Wildman–Crippen MR) is 98.9 cm³/mol. The molecule has 2 amide bonds. The summed E-state index contributed by atoms with van der Waals surface area (Å²) in [6, 6.07) is 10.4. The molecule has 27 heavy (non-hydrogen) atoms. The molecule has 0 radical (unpaired) electrons. The fourth-order valence-corrected chi connectivity index (χ4v) is 3.15. The van der Waals surface area contributed by atoms with Crippen LogP contribution in [0.4, 0.5) is 5.13 Å². The zero-order valence-electron chi connectivity index (χ0n) is 14.0. The fourth-order valence-electron chi connectivity index (χ4n) is 2.43. The number of carbonyl (C=O) groups is 2. The average Bonchev–Trinajstić information content (AvgIpc) is 3.35. The van der Waals surface area contributed by atoms with Gasteiger partial charge in [0.2, 0.25) is 12.7 Å². The Balaban J connectivity index is 1.32. The van der Waals surface area contributed by atoms with Crippen LogP contribution in [0, 0.1) is 0 Å². The third kappa shape index (κ3) is 3.87. The second kappa shape index (κ2) is 7.42. The fraction of sp³-hybridized carbons (Fsp3) is 0.111. The van der Waals surface area contributed by atoms with Crippen molar-refractivity contribution in [3.05, 3.63) is 53.5 Å². The number of fused-ring (bicyclic) bond motifs is 1. The molecule has 0 bridgehead atoms. The molecule has 0 unspecified atom stereocenters. The molecule has 1 aliphatic heterocycles. The number of ether oxygens (including phenoxy) is 2. The van der Waals surface area contributed by atoms with Gasteiger partial charge in [-0.25, -0.2) is 4.98 Å². The minimum atomic E-state index is -0.378. The highest BCUT2D eigenvalue weighted by molar-refractivity contribution is 7.14. The molecule has 8 nitrogen and oxygen atoms in total. The molecule has 136 valence electrons. The molecule has 0 aliphatic carbocycles. The number of aromatic nitrogens is 2. The predicted octanol–water partition coefficient (Wildman–Crippen LogP) is 2.30. The van der Waals surface area contributed by atoms with E-state index < -0.39 is 0 Å². The van der Waals surface area contributed by atoms with Crippen LogP contribution in [-0.4, -0.2) is 35.1 Å². The van der Waals surface area contributed by atoms with E-state index in [2.05, 4.69) is 20.6 Å². The smallest absolute Gasteiger partial charge is 0.251 e. The largest absolute Gasteiger partial charge is 0.454 e. The van der Waals surface area contributed by atoms with Gasteiger partial charge in [0.1, 0.15) is 5.69 Å². The zero-order chi connectivity index (χ0) is 18.6. The summed E-state index contributed by atoms with van der Waals surface area (Å²) in [6.45, 7) is -0.0388. The SMILES string of the molecule is O=C(CNC(=O)c1ccc2c(c1)OCO2)Nc1nc(-c2ccccn2)cs1. The third-order valence-corrected chi connectivity index (χ3v) is 4.48. The summed E-state index contributed by atoms with van der Waals surface area (Å²) in [4.78, 5) is 32.8. The van der Waals surface area contributed by atoms with E-state index in [1.54, 1.807) is 24.4 Å². The number of nitrogens with one attached hydrogen (secondary N) is 2. The maximum absolute atomic E-state index is 12.2. The van der Waals surface area contributed by atoms with Crippen LogP contribution in [0.1, 0.15) is 10.4 Å². The van der Waals surface area contributed by atoms with Crippen molar-refractivity contribution in [3.8, 4) is 22.9 Å². The summed E-state index contributed by atoms with van der Waals surface area (Å²) in [7, 11) is 0. The van der Waals surface area contributed by atoms with Crippen molar-refractivity contribution in [3.63, 3.8) is 0 Å².